The average Bonchev–Trinajstić information content (AvgIpc) is 3.20. The van der Waals surface area contributed by atoms with Gasteiger partial charge in [-0.1, -0.05) is 71.2 Å². The van der Waals surface area contributed by atoms with Crippen molar-refractivity contribution in [2.45, 2.75) is 19.9 Å². The summed E-state index contributed by atoms with van der Waals surface area (Å²) in [7, 11) is 0. The fourth-order valence-electron chi connectivity index (χ4n) is 4.61. The third kappa shape index (κ3) is 4.00. The lowest BCUT2D eigenvalue weighted by Crippen LogP contribution is -2.35. The van der Waals surface area contributed by atoms with Gasteiger partial charge in [0.15, 0.2) is 11.7 Å². The van der Waals surface area contributed by atoms with Crippen LogP contribution in [0.3, 0.4) is 0 Å². The number of amidine groups is 1. The minimum atomic E-state index is -0.248. The van der Waals surface area contributed by atoms with Gasteiger partial charge in [-0.15, -0.1) is 0 Å². The SMILES string of the molecule is Cc1ccc(-n2nc(C)c3c2N=C2C(Cl)=CC(Cl)=CN2[C@H]3c2cccc(Oc3ccccc3)c2)cc1. The summed E-state index contributed by atoms with van der Waals surface area (Å²) in [5, 5.41) is 5.91. The number of aliphatic imine (C=N–C) groups is 1. The smallest absolute Gasteiger partial charge is 0.164 e. The molecule has 2 aliphatic rings. The lowest BCUT2D eigenvalue weighted by Gasteiger charge is -2.37. The van der Waals surface area contributed by atoms with Gasteiger partial charge in [-0.05, 0) is 61.9 Å². The molecule has 1 aromatic heterocycles. The zero-order chi connectivity index (χ0) is 24.8. The molecule has 0 saturated carbocycles. The van der Waals surface area contributed by atoms with Gasteiger partial charge in [-0.2, -0.15) is 5.10 Å². The predicted octanol–water partition coefficient (Wildman–Crippen LogP) is 7.93. The van der Waals surface area contributed by atoms with Crippen molar-refractivity contribution >= 4 is 34.9 Å². The molecule has 0 N–H and O–H groups in total. The highest BCUT2D eigenvalue weighted by atomic mass is 35.5. The Morgan fingerprint density at radius 1 is 0.861 bits per heavy atom. The van der Waals surface area contributed by atoms with Crippen molar-refractivity contribution in [2.75, 3.05) is 0 Å². The Morgan fingerprint density at radius 3 is 2.39 bits per heavy atom. The van der Waals surface area contributed by atoms with Crippen molar-refractivity contribution in [1.82, 2.24) is 14.7 Å². The minimum Gasteiger partial charge on any atom is -0.457 e. The number of ether oxygens (including phenoxy) is 1. The summed E-state index contributed by atoms with van der Waals surface area (Å²) in [6, 6.07) is 25.8. The standard InChI is InChI=1S/C29H22Cl2N4O/c1-18-11-13-22(14-12-18)35-29-26(19(2)33-35)27(34-17-21(30)16-25(31)28(34)32-29)20-7-6-10-24(15-20)36-23-8-4-3-5-9-23/h3-17,27H,1-2H3/t27-/m0/s1. The van der Waals surface area contributed by atoms with Gasteiger partial charge in [0.1, 0.15) is 11.5 Å². The molecule has 1 atom stereocenters. The second-order valence-electron chi connectivity index (χ2n) is 8.81. The number of aromatic nitrogens is 2. The van der Waals surface area contributed by atoms with E-state index in [4.69, 9.17) is 38.0 Å². The average molecular weight is 513 g/mol. The Balaban J connectivity index is 1.52. The number of benzene rings is 3. The van der Waals surface area contributed by atoms with Crippen LogP contribution in [0.25, 0.3) is 5.69 Å². The Morgan fingerprint density at radius 2 is 1.61 bits per heavy atom. The van der Waals surface area contributed by atoms with Crippen LogP contribution in [0.15, 0.2) is 106 Å². The Labute approximate surface area is 219 Å². The number of halogens is 2. The molecule has 178 valence electrons. The van der Waals surface area contributed by atoms with Gasteiger partial charge in [0.05, 0.1) is 27.5 Å². The number of aryl methyl sites for hydroxylation is 2. The van der Waals surface area contributed by atoms with E-state index in [1.165, 1.54) is 5.56 Å². The first kappa shape index (κ1) is 22.7. The molecule has 0 aliphatic carbocycles. The fourth-order valence-corrected chi connectivity index (χ4v) is 5.14. The zero-order valence-electron chi connectivity index (χ0n) is 19.7. The molecule has 0 unspecified atom stereocenters. The number of nitrogens with zero attached hydrogens (tertiary/aromatic N) is 4. The molecule has 0 bridgehead atoms. The van der Waals surface area contributed by atoms with E-state index in [1.807, 2.05) is 83.4 Å². The molecule has 4 aromatic rings. The minimum absolute atomic E-state index is 0.248. The molecule has 0 radical (unpaired) electrons. The maximum absolute atomic E-state index is 6.68. The molecular formula is C29H22Cl2N4O. The Bertz CT molecular complexity index is 1550. The van der Waals surface area contributed by atoms with E-state index in [1.54, 1.807) is 6.08 Å². The van der Waals surface area contributed by atoms with Gasteiger partial charge in [0.2, 0.25) is 0 Å². The van der Waals surface area contributed by atoms with Crippen molar-refractivity contribution in [1.29, 1.82) is 0 Å². The third-order valence-electron chi connectivity index (χ3n) is 6.26. The molecule has 5 nitrogen and oxygen atoms in total. The highest BCUT2D eigenvalue weighted by Crippen LogP contribution is 2.46. The summed E-state index contributed by atoms with van der Waals surface area (Å²) in [6.07, 6.45) is 3.59. The van der Waals surface area contributed by atoms with E-state index in [9.17, 15) is 0 Å². The molecule has 3 aromatic carbocycles. The van der Waals surface area contributed by atoms with Crippen LogP contribution in [0.1, 0.15) is 28.4 Å². The molecule has 36 heavy (non-hydrogen) atoms. The third-order valence-corrected chi connectivity index (χ3v) is 6.75. The zero-order valence-corrected chi connectivity index (χ0v) is 21.2. The van der Waals surface area contributed by atoms with Crippen molar-refractivity contribution < 1.29 is 4.74 Å². The van der Waals surface area contributed by atoms with Crippen LogP contribution in [0, 0.1) is 13.8 Å². The number of hydrogen-bond acceptors (Lipinski definition) is 4. The number of fused-ring (bicyclic) bond motifs is 2. The molecule has 0 fully saturated rings. The van der Waals surface area contributed by atoms with Crippen LogP contribution in [0.4, 0.5) is 5.82 Å². The summed E-state index contributed by atoms with van der Waals surface area (Å²) >= 11 is 13.1. The normalized spacial score (nSPS) is 16.5. The van der Waals surface area contributed by atoms with Crippen LogP contribution >= 0.6 is 23.2 Å². The van der Waals surface area contributed by atoms with Crippen LogP contribution in [0.5, 0.6) is 11.5 Å². The van der Waals surface area contributed by atoms with E-state index in [0.717, 1.165) is 39.8 Å². The quantitative estimate of drug-likeness (QED) is 0.278. The van der Waals surface area contributed by atoms with Gasteiger partial charge in [-0.3, -0.25) is 0 Å². The molecule has 7 heteroatoms. The summed E-state index contributed by atoms with van der Waals surface area (Å²) < 4.78 is 8.03. The van der Waals surface area contributed by atoms with Gasteiger partial charge in [-0.25, -0.2) is 9.67 Å². The molecule has 2 aliphatic heterocycles. The summed E-state index contributed by atoms with van der Waals surface area (Å²) in [6.45, 7) is 4.07. The molecule has 0 saturated heterocycles. The highest BCUT2D eigenvalue weighted by molar-refractivity contribution is 6.45. The van der Waals surface area contributed by atoms with Crippen LogP contribution in [-0.2, 0) is 0 Å². The number of hydrogen-bond donors (Lipinski definition) is 0. The van der Waals surface area contributed by atoms with E-state index in [0.29, 0.717) is 15.9 Å². The molecule has 0 spiro atoms. The number of allylic oxidation sites excluding steroid dienone is 2. The molecule has 3 heterocycles. The summed E-state index contributed by atoms with van der Waals surface area (Å²) in [5.41, 5.74) is 4.99. The fraction of sp³-hybridized carbons (Fsp3) is 0.103. The molecular weight excluding hydrogens is 491 g/mol. The first-order valence-electron chi connectivity index (χ1n) is 11.6. The van der Waals surface area contributed by atoms with Crippen molar-refractivity contribution in [3.8, 4) is 17.2 Å². The second kappa shape index (κ2) is 9.01. The van der Waals surface area contributed by atoms with Crippen molar-refractivity contribution in [2.24, 2.45) is 4.99 Å². The lowest BCUT2D eigenvalue weighted by atomic mass is 9.94. The highest BCUT2D eigenvalue weighted by Gasteiger charge is 2.38. The predicted molar refractivity (Wildman–Crippen MR) is 145 cm³/mol. The monoisotopic (exact) mass is 512 g/mol. The van der Waals surface area contributed by atoms with Gasteiger partial charge < -0.3 is 9.64 Å². The maximum atomic E-state index is 6.68. The number of rotatable bonds is 4. The Hall–Kier alpha value is -3.80. The first-order chi connectivity index (χ1) is 17.5. The van der Waals surface area contributed by atoms with E-state index in [2.05, 4.69) is 25.1 Å². The van der Waals surface area contributed by atoms with E-state index in [-0.39, 0.29) is 6.04 Å². The van der Waals surface area contributed by atoms with E-state index < -0.39 is 0 Å². The van der Waals surface area contributed by atoms with Crippen LogP contribution in [0.2, 0.25) is 0 Å². The largest absolute Gasteiger partial charge is 0.457 e. The maximum Gasteiger partial charge on any atom is 0.164 e. The molecule has 0 amide bonds. The second-order valence-corrected chi connectivity index (χ2v) is 9.65. The molecule has 6 rings (SSSR count). The van der Waals surface area contributed by atoms with Gasteiger partial charge >= 0.3 is 0 Å². The topological polar surface area (TPSA) is 42.7 Å². The van der Waals surface area contributed by atoms with Crippen LogP contribution < -0.4 is 4.74 Å². The summed E-state index contributed by atoms with van der Waals surface area (Å²) in [4.78, 5) is 6.99. The van der Waals surface area contributed by atoms with E-state index >= 15 is 0 Å². The Kier molecular flexibility index (Phi) is 5.67. The van der Waals surface area contributed by atoms with Crippen LogP contribution in [-0.4, -0.2) is 20.5 Å². The van der Waals surface area contributed by atoms with Gasteiger partial charge in [0.25, 0.3) is 0 Å². The first-order valence-corrected chi connectivity index (χ1v) is 12.3. The summed E-state index contributed by atoms with van der Waals surface area (Å²) in [5.74, 6) is 2.89. The van der Waals surface area contributed by atoms with Gasteiger partial charge in [0, 0.05) is 11.8 Å². The van der Waals surface area contributed by atoms with Crippen molar-refractivity contribution in [3.05, 3.63) is 124 Å². The lowest BCUT2D eigenvalue weighted by molar-refractivity contribution is 0.452. The number of para-hydroxylation sites is 1. The van der Waals surface area contributed by atoms with Crippen molar-refractivity contribution in [3.63, 3.8) is 0 Å².